The van der Waals surface area contributed by atoms with Gasteiger partial charge in [-0.05, 0) is 0 Å². The van der Waals surface area contributed by atoms with Crippen LogP contribution in [0.25, 0.3) is 0 Å². The van der Waals surface area contributed by atoms with Gasteiger partial charge in [0.05, 0.1) is 12.2 Å². The van der Waals surface area contributed by atoms with E-state index < -0.39 is 0 Å². The number of hydrogen-bond donors (Lipinski definition) is 2. The molecule has 0 aliphatic rings. The second-order valence-corrected chi connectivity index (χ2v) is 2.08. The summed E-state index contributed by atoms with van der Waals surface area (Å²) in [4.78, 5) is 7.68. The molecule has 1 aromatic rings. The van der Waals surface area contributed by atoms with E-state index in [1.54, 1.807) is 6.20 Å². The zero-order valence-electron chi connectivity index (χ0n) is 6.49. The van der Waals surface area contributed by atoms with Gasteiger partial charge in [0.15, 0.2) is 0 Å². The van der Waals surface area contributed by atoms with Crippen LogP contribution in [-0.2, 0) is 0 Å². The molecular formula is C8H9N3O. The number of aliphatic hydroxyl groups is 1. The maximum atomic E-state index is 8.53. The Morgan fingerprint density at radius 1 is 1.67 bits per heavy atom. The third-order valence-corrected chi connectivity index (χ3v) is 1.27. The molecule has 12 heavy (non-hydrogen) atoms. The fraction of sp³-hybridized carbons (Fsp3) is 0.250. The number of nitrogens with one attached hydrogen (secondary N) is 1. The van der Waals surface area contributed by atoms with E-state index in [-0.39, 0.29) is 6.61 Å². The number of aromatic nitrogens is 2. The monoisotopic (exact) mass is 163 g/mol. The van der Waals surface area contributed by atoms with Crippen molar-refractivity contribution in [3.63, 3.8) is 0 Å². The Bertz CT molecular complexity index is 293. The van der Waals surface area contributed by atoms with E-state index in [1.807, 2.05) is 0 Å². The molecule has 0 unspecified atom stereocenters. The van der Waals surface area contributed by atoms with Crippen LogP contribution in [0.2, 0.25) is 0 Å². The lowest BCUT2D eigenvalue weighted by Crippen LogP contribution is -2.08. The van der Waals surface area contributed by atoms with Gasteiger partial charge in [-0.3, -0.25) is 0 Å². The Morgan fingerprint density at radius 2 is 2.50 bits per heavy atom. The molecule has 0 bridgehead atoms. The summed E-state index contributed by atoms with van der Waals surface area (Å²) in [5, 5.41) is 11.4. The fourth-order valence-electron chi connectivity index (χ4n) is 0.750. The van der Waals surface area contributed by atoms with Gasteiger partial charge in [0.2, 0.25) is 0 Å². The molecule has 0 amide bonds. The van der Waals surface area contributed by atoms with Gasteiger partial charge >= 0.3 is 0 Å². The molecule has 1 aromatic heterocycles. The summed E-state index contributed by atoms with van der Waals surface area (Å²) in [6.07, 6.45) is 8.14. The SMILES string of the molecule is C#Cc1cncnc1NCCO. The first kappa shape index (κ1) is 8.50. The van der Waals surface area contributed by atoms with E-state index in [2.05, 4.69) is 21.2 Å². The second kappa shape index (κ2) is 4.31. The highest BCUT2D eigenvalue weighted by atomic mass is 16.3. The first-order chi connectivity index (χ1) is 5.88. The molecule has 1 heterocycles. The van der Waals surface area contributed by atoms with Crippen LogP contribution in [-0.4, -0.2) is 28.2 Å². The van der Waals surface area contributed by atoms with Crippen LogP contribution in [0.5, 0.6) is 0 Å². The highest BCUT2D eigenvalue weighted by Crippen LogP contribution is 2.06. The van der Waals surface area contributed by atoms with E-state index >= 15 is 0 Å². The summed E-state index contributed by atoms with van der Waals surface area (Å²) in [6, 6.07) is 0. The molecular weight excluding hydrogens is 154 g/mol. The van der Waals surface area contributed by atoms with Crippen molar-refractivity contribution < 1.29 is 5.11 Å². The standard InChI is InChI=1S/C8H9N3O/c1-2-7-5-9-6-11-8(7)10-3-4-12/h1,5-6,12H,3-4H2,(H,9,10,11). The average Bonchev–Trinajstić information content (AvgIpc) is 2.15. The number of hydrogen-bond acceptors (Lipinski definition) is 4. The van der Waals surface area contributed by atoms with E-state index in [4.69, 9.17) is 11.5 Å². The summed E-state index contributed by atoms with van der Waals surface area (Å²) < 4.78 is 0. The Kier molecular flexibility index (Phi) is 3.05. The van der Waals surface area contributed by atoms with Crippen LogP contribution in [0.3, 0.4) is 0 Å². The van der Waals surface area contributed by atoms with Crippen LogP contribution >= 0.6 is 0 Å². The molecule has 0 saturated carbocycles. The molecule has 0 aliphatic carbocycles. The first-order valence-corrected chi connectivity index (χ1v) is 3.50. The van der Waals surface area contributed by atoms with Crippen molar-refractivity contribution >= 4 is 5.82 Å². The lowest BCUT2D eigenvalue weighted by Gasteiger charge is -2.03. The number of terminal acetylenes is 1. The number of aliphatic hydroxyl groups excluding tert-OH is 1. The summed E-state index contributed by atoms with van der Waals surface area (Å²) in [6.45, 7) is 0.486. The van der Waals surface area contributed by atoms with Crippen LogP contribution in [0.1, 0.15) is 5.56 Å². The zero-order chi connectivity index (χ0) is 8.81. The molecule has 4 heteroatoms. The van der Waals surface area contributed by atoms with Crippen molar-refractivity contribution in [2.45, 2.75) is 0 Å². The Hall–Kier alpha value is -1.60. The largest absolute Gasteiger partial charge is 0.395 e. The molecule has 0 radical (unpaired) electrons. The number of nitrogens with zero attached hydrogens (tertiary/aromatic N) is 2. The maximum absolute atomic E-state index is 8.53. The van der Waals surface area contributed by atoms with Crippen molar-refractivity contribution in [3.8, 4) is 12.3 Å². The van der Waals surface area contributed by atoms with Gasteiger partial charge < -0.3 is 10.4 Å². The zero-order valence-corrected chi connectivity index (χ0v) is 6.49. The third kappa shape index (κ3) is 1.94. The van der Waals surface area contributed by atoms with Gasteiger partial charge in [-0.15, -0.1) is 6.42 Å². The number of anilines is 1. The third-order valence-electron chi connectivity index (χ3n) is 1.27. The van der Waals surface area contributed by atoms with E-state index in [9.17, 15) is 0 Å². The predicted molar refractivity (Wildman–Crippen MR) is 45.5 cm³/mol. The normalized spacial score (nSPS) is 9.00. The van der Waals surface area contributed by atoms with Gasteiger partial charge in [-0.1, -0.05) is 5.92 Å². The van der Waals surface area contributed by atoms with E-state index in [0.29, 0.717) is 17.9 Å². The first-order valence-electron chi connectivity index (χ1n) is 3.50. The van der Waals surface area contributed by atoms with Crippen LogP contribution in [0, 0.1) is 12.3 Å². The number of rotatable bonds is 3. The molecule has 0 aromatic carbocycles. The minimum Gasteiger partial charge on any atom is -0.395 e. The van der Waals surface area contributed by atoms with Gasteiger partial charge in [0, 0.05) is 12.7 Å². The second-order valence-electron chi connectivity index (χ2n) is 2.08. The van der Waals surface area contributed by atoms with Gasteiger partial charge in [-0.2, -0.15) is 0 Å². The Balaban J connectivity index is 2.77. The van der Waals surface area contributed by atoms with Crippen LogP contribution in [0.15, 0.2) is 12.5 Å². The maximum Gasteiger partial charge on any atom is 0.145 e. The summed E-state index contributed by atoms with van der Waals surface area (Å²) in [5.74, 6) is 3.02. The topological polar surface area (TPSA) is 58.0 Å². The quantitative estimate of drug-likeness (QED) is 0.609. The minimum atomic E-state index is 0.0496. The molecule has 1 rings (SSSR count). The van der Waals surface area contributed by atoms with Gasteiger partial charge in [0.1, 0.15) is 12.1 Å². The highest BCUT2D eigenvalue weighted by Gasteiger charge is 1.98. The molecule has 0 fully saturated rings. The summed E-state index contributed by atoms with van der Waals surface area (Å²) in [5.41, 5.74) is 0.603. The summed E-state index contributed by atoms with van der Waals surface area (Å²) in [7, 11) is 0. The van der Waals surface area contributed by atoms with Crippen molar-refractivity contribution in [2.24, 2.45) is 0 Å². The van der Waals surface area contributed by atoms with Crippen LogP contribution < -0.4 is 5.32 Å². The lowest BCUT2D eigenvalue weighted by atomic mass is 10.3. The molecule has 0 atom stereocenters. The molecule has 0 saturated heterocycles. The van der Waals surface area contributed by atoms with E-state index in [0.717, 1.165) is 0 Å². The van der Waals surface area contributed by atoms with Crippen LogP contribution in [0.4, 0.5) is 5.82 Å². The molecule has 4 nitrogen and oxygen atoms in total. The molecule has 62 valence electrons. The van der Waals surface area contributed by atoms with Gasteiger partial charge in [0.25, 0.3) is 0 Å². The smallest absolute Gasteiger partial charge is 0.145 e. The minimum absolute atomic E-state index is 0.0496. The molecule has 2 N–H and O–H groups in total. The van der Waals surface area contributed by atoms with Crippen molar-refractivity contribution in [2.75, 3.05) is 18.5 Å². The molecule has 0 spiro atoms. The highest BCUT2D eigenvalue weighted by molar-refractivity contribution is 5.51. The Morgan fingerprint density at radius 3 is 3.17 bits per heavy atom. The lowest BCUT2D eigenvalue weighted by molar-refractivity contribution is 0.311. The van der Waals surface area contributed by atoms with Gasteiger partial charge in [-0.25, -0.2) is 9.97 Å². The van der Waals surface area contributed by atoms with Crippen molar-refractivity contribution in [1.82, 2.24) is 9.97 Å². The fourth-order valence-corrected chi connectivity index (χ4v) is 0.750. The van der Waals surface area contributed by atoms with E-state index in [1.165, 1.54) is 6.33 Å². The predicted octanol–water partition coefficient (Wildman–Crippen LogP) is -0.138. The van der Waals surface area contributed by atoms with Crippen molar-refractivity contribution in [1.29, 1.82) is 0 Å². The van der Waals surface area contributed by atoms with Crippen molar-refractivity contribution in [3.05, 3.63) is 18.1 Å². The molecule has 0 aliphatic heterocycles. The summed E-state index contributed by atoms with van der Waals surface area (Å²) >= 11 is 0. The Labute approximate surface area is 70.7 Å². The average molecular weight is 163 g/mol.